The van der Waals surface area contributed by atoms with E-state index in [-0.39, 0.29) is 31.2 Å². The molecule has 0 unspecified atom stereocenters. The number of hydrogen-bond acceptors (Lipinski definition) is 6. The second kappa shape index (κ2) is 21.1. The van der Waals surface area contributed by atoms with Crippen LogP contribution in [0.1, 0.15) is 61.0 Å². The smallest absolute Gasteiger partial charge is 0.341 e. The van der Waals surface area contributed by atoms with Crippen LogP contribution >= 0.6 is 46.4 Å². The zero-order valence-corrected chi connectivity index (χ0v) is 45.8. The Hall–Kier alpha value is -5.79. The zero-order valence-electron chi connectivity index (χ0n) is 42.8. The van der Waals surface area contributed by atoms with Gasteiger partial charge in [0.25, 0.3) is 0 Å². The van der Waals surface area contributed by atoms with Crippen LogP contribution in [0.3, 0.4) is 0 Å². The summed E-state index contributed by atoms with van der Waals surface area (Å²) in [4.78, 5) is 15.2. The molecule has 10 nitrogen and oxygen atoms in total. The van der Waals surface area contributed by atoms with E-state index in [1.165, 1.54) is 0 Å². The van der Waals surface area contributed by atoms with E-state index in [2.05, 4.69) is 155 Å². The third-order valence-corrected chi connectivity index (χ3v) is 16.7. The molecular formula is C60H58Cl4N4O6. The molecule has 9 aromatic rings. The van der Waals surface area contributed by atoms with E-state index in [0.717, 1.165) is 99.8 Å². The maximum atomic E-state index is 15.2. The minimum atomic E-state index is -1.82. The normalized spacial score (nSPS) is 13.2. The molecule has 74 heavy (non-hydrogen) atoms. The molecule has 0 spiro atoms. The van der Waals surface area contributed by atoms with E-state index < -0.39 is 11.6 Å². The number of fused-ring (bicyclic) bond motifs is 5. The molecule has 0 radical (unpaired) electrons. The Morgan fingerprint density at radius 1 is 0.459 bits per heavy atom. The Balaban J connectivity index is 1.45. The SMILES string of the molecule is COCCn1c(C)c(C(=CC2(C=C(c3c(C)n(CCOC)c4ccccc34)c3c(C)n(CCOC)c4ccccc34)OC(=O)c3c(Cl)c(Cl)c(Cl)c(Cl)c32)c2c(C)n(CCOC)c3ccccc23)c2ccccc21. The van der Waals surface area contributed by atoms with Gasteiger partial charge in [-0.2, -0.15) is 0 Å². The predicted molar refractivity (Wildman–Crippen MR) is 302 cm³/mol. The fraction of sp³-hybridized carbons (Fsp3) is 0.283. The fourth-order valence-electron chi connectivity index (χ4n) is 11.6. The maximum Gasteiger partial charge on any atom is 0.341 e. The highest BCUT2D eigenvalue weighted by Gasteiger charge is 2.49. The number of nitrogens with zero attached hydrogens (tertiary/aromatic N) is 4. The standard InChI is InChI=1S/C60H58Cl4N4O6/c1-35-49(39-17-9-13-21-45(39)65(35)25-29-70-5)43(50-36(2)66(26-30-71-6)46-22-14-10-18-40(46)50)33-60(54-53(59(69)74-60)55(61)57(63)58(64)56(54)62)34-44(51-37(3)67(27-31-72-7)47-23-15-11-19-41(47)51)52-38(4)68(28-32-73-8)48-24-16-12-20-42(48)52/h9-24,33-34H,25-32H2,1-8H3. The Kier molecular flexibility index (Phi) is 14.7. The minimum Gasteiger partial charge on any atom is -0.442 e. The predicted octanol–water partition coefficient (Wildman–Crippen LogP) is 14.6. The first kappa shape index (κ1) is 51.7. The molecule has 0 N–H and O–H groups in total. The summed E-state index contributed by atoms with van der Waals surface area (Å²) in [6.45, 7) is 12.8. The molecule has 0 atom stereocenters. The number of cyclic esters (lactones) is 1. The Labute approximate surface area is 451 Å². The van der Waals surface area contributed by atoms with Gasteiger partial charge >= 0.3 is 5.97 Å². The fourth-order valence-corrected chi connectivity index (χ4v) is 12.7. The monoisotopic (exact) mass is 1070 g/mol. The largest absolute Gasteiger partial charge is 0.442 e. The van der Waals surface area contributed by atoms with Crippen LogP contribution in [-0.4, -0.2) is 79.1 Å². The van der Waals surface area contributed by atoms with Gasteiger partial charge in [0, 0.05) is 149 Å². The van der Waals surface area contributed by atoms with Gasteiger partial charge in [-0.1, -0.05) is 119 Å². The van der Waals surface area contributed by atoms with Crippen molar-refractivity contribution in [1.82, 2.24) is 18.3 Å². The van der Waals surface area contributed by atoms with Crippen molar-refractivity contribution in [1.29, 1.82) is 0 Å². The second-order valence-electron chi connectivity index (χ2n) is 18.8. The van der Waals surface area contributed by atoms with Crippen LogP contribution in [0.25, 0.3) is 54.8 Å². The first-order chi connectivity index (χ1) is 35.8. The van der Waals surface area contributed by atoms with E-state index >= 15 is 4.79 Å². The molecule has 1 aliphatic heterocycles. The number of aromatic nitrogens is 4. The third-order valence-electron chi connectivity index (χ3n) is 14.9. The minimum absolute atomic E-state index is 0.00375. The first-order valence-corrected chi connectivity index (χ1v) is 26.2. The number of benzene rings is 5. The number of methoxy groups -OCH3 is 4. The van der Waals surface area contributed by atoms with Gasteiger partial charge in [-0.15, -0.1) is 0 Å². The second-order valence-corrected chi connectivity index (χ2v) is 20.3. The van der Waals surface area contributed by atoms with Crippen molar-refractivity contribution in [3.8, 4) is 0 Å². The summed E-state index contributed by atoms with van der Waals surface area (Å²) < 4.78 is 39.2. The van der Waals surface area contributed by atoms with E-state index in [4.69, 9.17) is 70.1 Å². The van der Waals surface area contributed by atoms with Crippen molar-refractivity contribution in [3.05, 3.63) is 185 Å². The summed E-state index contributed by atoms with van der Waals surface area (Å²) in [6.07, 6.45) is 4.15. The van der Waals surface area contributed by atoms with Crippen molar-refractivity contribution in [2.24, 2.45) is 0 Å². The van der Waals surface area contributed by atoms with Crippen LogP contribution in [0, 0.1) is 27.7 Å². The van der Waals surface area contributed by atoms with Crippen LogP contribution in [0.5, 0.6) is 0 Å². The molecule has 0 amide bonds. The number of halogens is 4. The first-order valence-electron chi connectivity index (χ1n) is 24.7. The summed E-state index contributed by atoms with van der Waals surface area (Å²) in [6, 6.07) is 33.5. The van der Waals surface area contributed by atoms with E-state index in [1.54, 1.807) is 28.4 Å². The Bertz CT molecular complexity index is 3360. The summed E-state index contributed by atoms with van der Waals surface area (Å²) in [5.74, 6) is -0.700. The molecule has 0 saturated carbocycles. The number of carbonyl (C=O) groups is 1. The number of carbonyl (C=O) groups excluding carboxylic acids is 1. The molecule has 0 aliphatic carbocycles. The number of esters is 1. The van der Waals surface area contributed by atoms with Gasteiger partial charge in [0.1, 0.15) is 0 Å². The molecule has 0 saturated heterocycles. The van der Waals surface area contributed by atoms with Crippen molar-refractivity contribution >= 4 is 107 Å². The summed E-state index contributed by atoms with van der Waals surface area (Å²) >= 11 is 28.9. The lowest BCUT2D eigenvalue weighted by atomic mass is 9.81. The Morgan fingerprint density at radius 2 is 0.743 bits per heavy atom. The van der Waals surface area contributed by atoms with E-state index in [9.17, 15) is 0 Å². The number of ether oxygens (including phenoxy) is 5. The van der Waals surface area contributed by atoms with Gasteiger partial charge in [0.15, 0.2) is 5.60 Å². The van der Waals surface area contributed by atoms with Crippen LogP contribution < -0.4 is 0 Å². The molecule has 10 rings (SSSR count). The van der Waals surface area contributed by atoms with Gasteiger partial charge in [0.2, 0.25) is 0 Å². The van der Waals surface area contributed by atoms with Gasteiger partial charge in [0.05, 0.1) is 52.1 Å². The number of rotatable bonds is 18. The topological polar surface area (TPSA) is 82.9 Å². The lowest BCUT2D eigenvalue weighted by molar-refractivity contribution is 0.0300. The average Bonchev–Trinajstić information content (AvgIpc) is 4.13. The molecule has 14 heteroatoms. The number of para-hydroxylation sites is 4. The quantitative estimate of drug-likeness (QED) is 0.0484. The molecule has 0 fully saturated rings. The van der Waals surface area contributed by atoms with Gasteiger partial charge in [-0.25, -0.2) is 4.79 Å². The van der Waals surface area contributed by atoms with Gasteiger partial charge in [-0.05, 0) is 75.3 Å². The Morgan fingerprint density at radius 3 is 1.04 bits per heavy atom. The number of hydrogen-bond donors (Lipinski definition) is 0. The molecule has 1 aliphatic rings. The van der Waals surface area contributed by atoms with Crippen LogP contribution in [0.2, 0.25) is 20.1 Å². The van der Waals surface area contributed by atoms with Crippen LogP contribution in [0.4, 0.5) is 0 Å². The summed E-state index contributed by atoms with van der Waals surface area (Å²) in [7, 11) is 6.85. The van der Waals surface area contributed by atoms with Crippen LogP contribution in [-0.2, 0) is 55.5 Å². The van der Waals surface area contributed by atoms with Crippen molar-refractivity contribution in [2.45, 2.75) is 59.5 Å². The maximum absolute atomic E-state index is 15.2. The zero-order chi connectivity index (χ0) is 52.2. The lowest BCUT2D eigenvalue weighted by Crippen LogP contribution is -2.23. The average molecular weight is 1070 g/mol. The highest BCUT2D eigenvalue weighted by molar-refractivity contribution is 6.53. The molecule has 5 heterocycles. The highest BCUT2D eigenvalue weighted by atomic mass is 35.5. The lowest BCUT2D eigenvalue weighted by Gasteiger charge is -2.28. The summed E-state index contributed by atoms with van der Waals surface area (Å²) in [5.41, 5.74) is 11.9. The molecule has 382 valence electrons. The van der Waals surface area contributed by atoms with E-state index in [1.807, 2.05) is 0 Å². The molecule has 5 aromatic carbocycles. The van der Waals surface area contributed by atoms with Crippen molar-refractivity contribution < 1.29 is 28.5 Å². The highest BCUT2D eigenvalue weighted by Crippen LogP contribution is 2.55. The van der Waals surface area contributed by atoms with Gasteiger partial charge < -0.3 is 42.0 Å². The molecule has 4 aromatic heterocycles. The summed E-state index contributed by atoms with van der Waals surface area (Å²) in [5, 5.41) is 3.95. The molecular weight excluding hydrogens is 1010 g/mol. The van der Waals surface area contributed by atoms with E-state index in [0.29, 0.717) is 52.6 Å². The third kappa shape index (κ3) is 8.39. The van der Waals surface area contributed by atoms with Crippen LogP contribution in [0.15, 0.2) is 109 Å². The van der Waals surface area contributed by atoms with Gasteiger partial charge in [-0.3, -0.25) is 0 Å². The molecule has 0 bridgehead atoms. The van der Waals surface area contributed by atoms with Crippen molar-refractivity contribution in [2.75, 3.05) is 54.9 Å². The van der Waals surface area contributed by atoms with Crippen molar-refractivity contribution in [3.63, 3.8) is 0 Å².